The van der Waals surface area contributed by atoms with Crippen molar-refractivity contribution in [1.29, 1.82) is 0 Å². The van der Waals surface area contributed by atoms with Gasteiger partial charge in [0, 0.05) is 37.8 Å². The number of alkyl halides is 3. The molecule has 0 radical (unpaired) electrons. The topological polar surface area (TPSA) is 143 Å². The maximum atomic E-state index is 15.4. The molecule has 41 heavy (non-hydrogen) atoms. The van der Waals surface area contributed by atoms with Crippen LogP contribution in [0.1, 0.15) is 41.5 Å². The molecule has 0 aliphatic carbocycles. The molecule has 4 heterocycles. The molecule has 3 aromatic heterocycles. The summed E-state index contributed by atoms with van der Waals surface area (Å²) in [7, 11) is 1.77. The number of fused-ring (bicyclic) bond motifs is 2. The monoisotopic (exact) mass is 579 g/mol. The predicted octanol–water partition coefficient (Wildman–Crippen LogP) is 3.23. The first kappa shape index (κ1) is 29.6. The highest BCUT2D eigenvalue weighted by atomic mass is 19.4. The fourth-order valence-corrected chi connectivity index (χ4v) is 4.73. The number of halogens is 4. The molecule has 3 N–H and O–H groups in total. The number of rotatable bonds is 5. The molecule has 1 saturated heterocycles. The number of carbonyl (C=O) groups excluding carboxylic acids is 1. The van der Waals surface area contributed by atoms with Crippen molar-refractivity contribution in [2.45, 2.75) is 45.8 Å². The van der Waals surface area contributed by atoms with Crippen molar-refractivity contribution in [3.8, 4) is 0 Å². The normalized spacial score (nSPS) is 14.3. The first-order valence-electron chi connectivity index (χ1n) is 12.7. The molecule has 1 fully saturated rings. The van der Waals surface area contributed by atoms with Gasteiger partial charge >= 0.3 is 12.1 Å². The zero-order valence-corrected chi connectivity index (χ0v) is 22.8. The van der Waals surface area contributed by atoms with Crippen LogP contribution in [0.25, 0.3) is 16.6 Å². The fraction of sp³-hybridized carbons (Fsp3) is 0.440. The van der Waals surface area contributed by atoms with Gasteiger partial charge in [-0.2, -0.15) is 23.3 Å². The summed E-state index contributed by atoms with van der Waals surface area (Å²) in [5.74, 6) is -3.94. The molecule has 0 saturated carbocycles. The van der Waals surface area contributed by atoms with E-state index in [2.05, 4.69) is 42.6 Å². The van der Waals surface area contributed by atoms with Gasteiger partial charge in [0.2, 0.25) is 5.95 Å². The molecule has 220 valence electrons. The number of hydrogen-bond acceptors (Lipinski definition) is 8. The maximum absolute atomic E-state index is 15.4. The van der Waals surface area contributed by atoms with Crippen LogP contribution >= 0.6 is 0 Å². The lowest BCUT2D eigenvalue weighted by molar-refractivity contribution is -0.192. The third kappa shape index (κ3) is 6.53. The molecular weight excluding hydrogens is 550 g/mol. The highest BCUT2D eigenvalue weighted by Gasteiger charge is 2.38. The summed E-state index contributed by atoms with van der Waals surface area (Å²) in [6, 6.07) is 1.92. The lowest BCUT2D eigenvalue weighted by Gasteiger charge is -2.34. The number of hydrogen-bond donors (Lipinski definition) is 3. The third-order valence-electron chi connectivity index (χ3n) is 6.48. The van der Waals surface area contributed by atoms with Crippen LogP contribution < -0.4 is 15.5 Å². The van der Waals surface area contributed by atoms with Crippen molar-refractivity contribution in [3.63, 3.8) is 0 Å². The summed E-state index contributed by atoms with van der Waals surface area (Å²) in [6.07, 6.45) is 0.425. The van der Waals surface area contributed by atoms with E-state index in [0.717, 1.165) is 49.2 Å². The van der Waals surface area contributed by atoms with Crippen molar-refractivity contribution in [1.82, 2.24) is 34.7 Å². The zero-order chi connectivity index (χ0) is 30.1. The average Bonchev–Trinajstić information content (AvgIpc) is 3.46. The zero-order valence-electron chi connectivity index (χ0n) is 22.8. The van der Waals surface area contributed by atoms with Gasteiger partial charge in [-0.1, -0.05) is 6.92 Å². The molecule has 16 heteroatoms. The highest BCUT2D eigenvalue weighted by Crippen LogP contribution is 2.33. The van der Waals surface area contributed by atoms with Crippen molar-refractivity contribution >= 4 is 40.1 Å². The summed E-state index contributed by atoms with van der Waals surface area (Å²) in [5.41, 5.74) is 2.96. The second kappa shape index (κ2) is 11.6. The summed E-state index contributed by atoms with van der Waals surface area (Å²) in [6.45, 7) is 8.33. The van der Waals surface area contributed by atoms with E-state index in [9.17, 15) is 18.0 Å². The minimum Gasteiger partial charge on any atom is -0.475 e. The minimum atomic E-state index is -5.08. The number of aromatic nitrogens is 6. The molecule has 1 aliphatic heterocycles. The van der Waals surface area contributed by atoms with Gasteiger partial charge in [-0.25, -0.2) is 13.7 Å². The Morgan fingerprint density at radius 3 is 2.39 bits per heavy atom. The fourth-order valence-electron chi connectivity index (χ4n) is 4.73. The van der Waals surface area contributed by atoms with E-state index >= 15 is 4.39 Å². The summed E-state index contributed by atoms with van der Waals surface area (Å²) in [4.78, 5) is 32.9. The van der Waals surface area contributed by atoms with Crippen molar-refractivity contribution in [3.05, 3.63) is 41.2 Å². The number of piperidine rings is 1. The Bertz CT molecular complexity index is 1590. The van der Waals surface area contributed by atoms with Crippen LogP contribution in [0.15, 0.2) is 18.5 Å². The number of aryl methyl sites for hydroxylation is 3. The molecule has 4 aromatic rings. The Labute approximate surface area is 231 Å². The van der Waals surface area contributed by atoms with E-state index in [1.165, 1.54) is 6.07 Å². The predicted molar refractivity (Wildman–Crippen MR) is 141 cm³/mol. The Balaban J connectivity index is 0.000000493. The summed E-state index contributed by atoms with van der Waals surface area (Å²) in [5, 5.41) is 22.7. The third-order valence-corrected chi connectivity index (χ3v) is 6.48. The minimum absolute atomic E-state index is 0.0820. The molecule has 5 rings (SSSR count). The lowest BCUT2D eigenvalue weighted by atomic mass is 10.0. The van der Waals surface area contributed by atoms with Gasteiger partial charge in [0.15, 0.2) is 5.65 Å². The SMILES string of the molecule is CCNC1CCN(c2cc(F)c(C(=O)Nc3nc4c(C)nc(C)cn4n3)c3nn(C)cc23)CC1.O=C(O)C(F)(F)F. The molecule has 1 aromatic carbocycles. The van der Waals surface area contributed by atoms with Crippen molar-refractivity contribution in [2.24, 2.45) is 7.05 Å². The number of nitrogens with one attached hydrogen (secondary N) is 2. The van der Waals surface area contributed by atoms with E-state index in [0.29, 0.717) is 22.9 Å². The quantitative estimate of drug-likeness (QED) is 0.304. The number of nitrogens with zero attached hydrogens (tertiary/aromatic N) is 7. The molecule has 0 atom stereocenters. The van der Waals surface area contributed by atoms with Crippen LogP contribution in [0.4, 0.5) is 29.2 Å². The molecule has 1 aliphatic rings. The van der Waals surface area contributed by atoms with Gasteiger partial charge in [-0.3, -0.25) is 19.8 Å². The van der Waals surface area contributed by atoms with Crippen LogP contribution in [0.2, 0.25) is 0 Å². The number of carboxylic acid groups (broad SMARTS) is 1. The van der Waals surface area contributed by atoms with E-state index in [1.807, 2.05) is 20.0 Å². The Morgan fingerprint density at radius 2 is 1.78 bits per heavy atom. The number of carboxylic acids is 1. The smallest absolute Gasteiger partial charge is 0.475 e. The lowest BCUT2D eigenvalue weighted by Crippen LogP contribution is -2.42. The second-order valence-corrected chi connectivity index (χ2v) is 9.56. The number of carbonyl (C=O) groups is 2. The maximum Gasteiger partial charge on any atom is 0.490 e. The van der Waals surface area contributed by atoms with Gasteiger partial charge in [0.1, 0.15) is 16.9 Å². The van der Waals surface area contributed by atoms with Crippen LogP contribution in [0, 0.1) is 19.7 Å². The van der Waals surface area contributed by atoms with Crippen LogP contribution in [0.5, 0.6) is 0 Å². The van der Waals surface area contributed by atoms with Gasteiger partial charge in [-0.15, -0.1) is 5.10 Å². The number of aliphatic carboxylic acids is 1. The molecule has 0 spiro atoms. The first-order valence-corrected chi connectivity index (χ1v) is 12.7. The van der Waals surface area contributed by atoms with E-state index < -0.39 is 23.9 Å². The Morgan fingerprint density at radius 1 is 1.12 bits per heavy atom. The van der Waals surface area contributed by atoms with Crippen LogP contribution in [-0.4, -0.2) is 78.2 Å². The first-order chi connectivity index (χ1) is 19.3. The van der Waals surface area contributed by atoms with Crippen LogP contribution in [0.3, 0.4) is 0 Å². The van der Waals surface area contributed by atoms with E-state index in [-0.39, 0.29) is 11.5 Å². The number of benzene rings is 1. The van der Waals surface area contributed by atoms with Gasteiger partial charge < -0.3 is 15.3 Å². The molecule has 0 bridgehead atoms. The Hall–Kier alpha value is -4.34. The van der Waals surface area contributed by atoms with Gasteiger partial charge in [0.25, 0.3) is 5.91 Å². The number of anilines is 2. The molecule has 12 nitrogen and oxygen atoms in total. The van der Waals surface area contributed by atoms with Gasteiger partial charge in [-0.05, 0) is 39.3 Å². The molecular formula is C25H29F4N9O3. The standard InChI is InChI=1S/C23H28FN9O.C2HF3O2/c1-5-25-15-6-8-32(9-7-15)18-10-17(24)19(20-16(18)12-31(4)29-20)22(34)28-23-27-21-14(3)26-13(2)11-33(21)30-23;3-2(4,5)1(6)7/h10-12,15,25H,5-9H2,1-4H3,(H,28,30,34);(H,6,7). The largest absolute Gasteiger partial charge is 0.490 e. The van der Waals surface area contributed by atoms with Crippen molar-refractivity contribution < 1.29 is 32.3 Å². The molecule has 1 amide bonds. The van der Waals surface area contributed by atoms with Gasteiger partial charge in [0.05, 0.1) is 23.3 Å². The Kier molecular flexibility index (Phi) is 8.42. The van der Waals surface area contributed by atoms with E-state index in [1.54, 1.807) is 22.4 Å². The van der Waals surface area contributed by atoms with E-state index in [4.69, 9.17) is 9.90 Å². The van der Waals surface area contributed by atoms with Crippen LogP contribution in [-0.2, 0) is 11.8 Å². The average molecular weight is 580 g/mol. The highest BCUT2D eigenvalue weighted by molar-refractivity contribution is 6.13. The summed E-state index contributed by atoms with van der Waals surface area (Å²) < 4.78 is 50.3. The summed E-state index contributed by atoms with van der Waals surface area (Å²) >= 11 is 0. The number of amides is 1. The second-order valence-electron chi connectivity index (χ2n) is 9.56. The van der Waals surface area contributed by atoms with Crippen molar-refractivity contribution in [2.75, 3.05) is 29.9 Å². The molecule has 0 unspecified atom stereocenters.